The van der Waals surface area contributed by atoms with E-state index >= 15 is 0 Å². The lowest BCUT2D eigenvalue weighted by Gasteiger charge is -2.11. The predicted molar refractivity (Wildman–Crippen MR) is 77.4 cm³/mol. The summed E-state index contributed by atoms with van der Waals surface area (Å²) in [7, 11) is 0. The highest BCUT2D eigenvalue weighted by molar-refractivity contribution is 9.13. The highest BCUT2D eigenvalue weighted by Crippen LogP contribution is 2.33. The number of hydrogen-bond donors (Lipinski definition) is 0. The number of benzene rings is 2. The molecule has 0 aliphatic carbocycles. The molecule has 17 heavy (non-hydrogen) atoms. The summed E-state index contributed by atoms with van der Waals surface area (Å²) < 4.78 is 7.90. The molecule has 0 saturated carbocycles. The van der Waals surface area contributed by atoms with Crippen LogP contribution in [0.1, 0.15) is 11.1 Å². The minimum Gasteiger partial charge on any atom is -0.489 e. The number of hydrogen-bond acceptors (Lipinski definition) is 1. The van der Waals surface area contributed by atoms with Gasteiger partial charge in [0, 0.05) is 14.5 Å². The summed E-state index contributed by atoms with van der Waals surface area (Å²) in [5, 5.41) is 0. The maximum Gasteiger partial charge on any atom is 0.123 e. The molecule has 0 saturated heterocycles. The summed E-state index contributed by atoms with van der Waals surface area (Å²) in [6.45, 7) is 2.63. The van der Waals surface area contributed by atoms with Crippen molar-refractivity contribution < 1.29 is 4.74 Å². The van der Waals surface area contributed by atoms with Gasteiger partial charge >= 0.3 is 0 Å². The largest absolute Gasteiger partial charge is 0.489 e. The molecule has 88 valence electrons. The Kier molecular flexibility index (Phi) is 4.24. The normalized spacial score (nSPS) is 10.3. The molecular formula is C14H12Br2O. The van der Waals surface area contributed by atoms with Crippen LogP contribution in [-0.2, 0) is 6.61 Å². The quantitative estimate of drug-likeness (QED) is 0.744. The van der Waals surface area contributed by atoms with Crippen molar-refractivity contribution in [3.05, 3.63) is 62.5 Å². The van der Waals surface area contributed by atoms with Crippen molar-refractivity contribution in [2.75, 3.05) is 0 Å². The zero-order valence-corrected chi connectivity index (χ0v) is 12.6. The van der Waals surface area contributed by atoms with Gasteiger partial charge in [0.25, 0.3) is 0 Å². The van der Waals surface area contributed by atoms with Crippen LogP contribution in [0.4, 0.5) is 0 Å². The van der Waals surface area contributed by atoms with Gasteiger partial charge in [0.15, 0.2) is 0 Å². The van der Waals surface area contributed by atoms with Gasteiger partial charge in [0.2, 0.25) is 0 Å². The van der Waals surface area contributed by atoms with E-state index in [2.05, 4.69) is 44.0 Å². The van der Waals surface area contributed by atoms with Gasteiger partial charge in [0.1, 0.15) is 12.4 Å². The lowest BCUT2D eigenvalue weighted by molar-refractivity contribution is 0.304. The van der Waals surface area contributed by atoms with Crippen LogP contribution in [0.5, 0.6) is 5.75 Å². The van der Waals surface area contributed by atoms with E-state index in [0.29, 0.717) is 6.61 Å². The molecule has 0 aromatic heterocycles. The third-order valence-electron chi connectivity index (χ3n) is 2.53. The van der Waals surface area contributed by atoms with Gasteiger partial charge in [-0.1, -0.05) is 30.3 Å². The Morgan fingerprint density at radius 3 is 2.41 bits per heavy atom. The van der Waals surface area contributed by atoms with Crippen LogP contribution >= 0.6 is 31.9 Å². The highest BCUT2D eigenvalue weighted by atomic mass is 79.9. The van der Waals surface area contributed by atoms with E-state index in [4.69, 9.17) is 4.74 Å². The Morgan fingerprint density at radius 1 is 1.00 bits per heavy atom. The maximum absolute atomic E-state index is 5.81. The van der Waals surface area contributed by atoms with Crippen LogP contribution in [0, 0.1) is 6.92 Å². The topological polar surface area (TPSA) is 9.23 Å². The summed E-state index contributed by atoms with van der Waals surface area (Å²) in [5.74, 6) is 0.906. The lowest BCUT2D eigenvalue weighted by Crippen LogP contribution is -1.97. The second kappa shape index (κ2) is 5.69. The molecule has 0 atom stereocenters. The number of rotatable bonds is 3. The molecule has 1 nitrogen and oxygen atoms in total. The average Bonchev–Trinajstić information content (AvgIpc) is 2.36. The maximum atomic E-state index is 5.81. The van der Waals surface area contributed by atoms with Gasteiger partial charge in [-0.05, 0) is 56.5 Å². The fourth-order valence-corrected chi connectivity index (χ4v) is 2.28. The van der Waals surface area contributed by atoms with Crippen LogP contribution in [0.15, 0.2) is 51.4 Å². The molecule has 0 bridgehead atoms. The number of halogens is 2. The van der Waals surface area contributed by atoms with E-state index < -0.39 is 0 Å². The second-order valence-electron chi connectivity index (χ2n) is 3.76. The van der Waals surface area contributed by atoms with Gasteiger partial charge < -0.3 is 4.74 Å². The molecule has 2 aromatic rings. The van der Waals surface area contributed by atoms with Crippen LogP contribution in [0.25, 0.3) is 0 Å². The first-order valence-electron chi connectivity index (χ1n) is 5.30. The van der Waals surface area contributed by atoms with Crippen molar-refractivity contribution in [3.8, 4) is 5.75 Å². The first-order valence-corrected chi connectivity index (χ1v) is 6.88. The molecule has 0 aliphatic rings. The van der Waals surface area contributed by atoms with Crippen LogP contribution in [-0.4, -0.2) is 0 Å². The summed E-state index contributed by atoms with van der Waals surface area (Å²) in [6.07, 6.45) is 0. The second-order valence-corrected chi connectivity index (χ2v) is 5.41. The molecule has 0 N–H and O–H groups in total. The van der Waals surface area contributed by atoms with Gasteiger partial charge in [0.05, 0.1) is 0 Å². The summed E-state index contributed by atoms with van der Waals surface area (Å²) >= 11 is 7.00. The fourth-order valence-electron chi connectivity index (χ4n) is 1.53. The molecule has 3 heteroatoms. The van der Waals surface area contributed by atoms with Crippen molar-refractivity contribution in [1.29, 1.82) is 0 Å². The molecule has 0 radical (unpaired) electrons. The lowest BCUT2D eigenvalue weighted by atomic mass is 10.2. The SMILES string of the molecule is Cc1c(OCc2ccccc2)ccc(Br)c1Br. The summed E-state index contributed by atoms with van der Waals surface area (Å²) in [5.41, 5.74) is 2.28. The van der Waals surface area contributed by atoms with Crippen LogP contribution < -0.4 is 4.74 Å². The Labute approximate surface area is 118 Å². The van der Waals surface area contributed by atoms with Crippen molar-refractivity contribution in [1.82, 2.24) is 0 Å². The Morgan fingerprint density at radius 2 is 1.71 bits per heavy atom. The molecular weight excluding hydrogens is 344 g/mol. The van der Waals surface area contributed by atoms with E-state index in [-0.39, 0.29) is 0 Å². The first-order chi connectivity index (χ1) is 8.18. The van der Waals surface area contributed by atoms with E-state index in [1.807, 2.05) is 37.3 Å². The minimum atomic E-state index is 0.593. The van der Waals surface area contributed by atoms with Crippen molar-refractivity contribution in [3.63, 3.8) is 0 Å². The standard InChI is InChI=1S/C14H12Br2O/c1-10-13(8-7-12(15)14(10)16)17-9-11-5-3-2-4-6-11/h2-8H,9H2,1H3. The fraction of sp³-hybridized carbons (Fsp3) is 0.143. The Balaban J connectivity index is 2.13. The molecule has 0 unspecified atom stereocenters. The zero-order chi connectivity index (χ0) is 12.3. The third-order valence-corrected chi connectivity index (χ3v) is 4.74. The van der Waals surface area contributed by atoms with E-state index in [1.165, 1.54) is 5.56 Å². The highest BCUT2D eigenvalue weighted by Gasteiger charge is 2.06. The van der Waals surface area contributed by atoms with Crippen molar-refractivity contribution in [2.45, 2.75) is 13.5 Å². The van der Waals surface area contributed by atoms with Crippen molar-refractivity contribution in [2.24, 2.45) is 0 Å². The Bertz CT molecular complexity index is 509. The van der Waals surface area contributed by atoms with E-state index in [0.717, 1.165) is 20.3 Å². The van der Waals surface area contributed by atoms with E-state index in [9.17, 15) is 0 Å². The smallest absolute Gasteiger partial charge is 0.123 e. The van der Waals surface area contributed by atoms with Gasteiger partial charge in [-0.2, -0.15) is 0 Å². The Hall–Kier alpha value is -0.800. The van der Waals surface area contributed by atoms with Crippen molar-refractivity contribution >= 4 is 31.9 Å². The van der Waals surface area contributed by atoms with Crippen LogP contribution in [0.3, 0.4) is 0 Å². The monoisotopic (exact) mass is 354 g/mol. The number of ether oxygens (including phenoxy) is 1. The van der Waals surface area contributed by atoms with E-state index in [1.54, 1.807) is 0 Å². The molecule has 0 aliphatic heterocycles. The molecule has 2 rings (SSSR count). The summed E-state index contributed by atoms with van der Waals surface area (Å²) in [6, 6.07) is 14.1. The molecule has 0 amide bonds. The summed E-state index contributed by atoms with van der Waals surface area (Å²) in [4.78, 5) is 0. The van der Waals surface area contributed by atoms with Crippen LogP contribution in [0.2, 0.25) is 0 Å². The minimum absolute atomic E-state index is 0.593. The molecule has 2 aromatic carbocycles. The zero-order valence-electron chi connectivity index (χ0n) is 9.41. The average molecular weight is 356 g/mol. The first kappa shape index (κ1) is 12.7. The van der Waals surface area contributed by atoms with Gasteiger partial charge in [-0.25, -0.2) is 0 Å². The van der Waals surface area contributed by atoms with Gasteiger partial charge in [-0.15, -0.1) is 0 Å². The molecule has 0 fully saturated rings. The predicted octanol–water partition coefficient (Wildman–Crippen LogP) is 5.10. The third kappa shape index (κ3) is 3.11. The van der Waals surface area contributed by atoms with Gasteiger partial charge in [-0.3, -0.25) is 0 Å². The molecule has 0 heterocycles. The molecule has 0 spiro atoms.